The van der Waals surface area contributed by atoms with E-state index >= 15 is 0 Å². The average Bonchev–Trinajstić information content (AvgIpc) is 2.54. The van der Waals surface area contributed by atoms with Gasteiger partial charge in [-0.25, -0.2) is 0 Å². The van der Waals surface area contributed by atoms with Crippen molar-refractivity contribution in [1.29, 1.82) is 0 Å². The van der Waals surface area contributed by atoms with Crippen molar-refractivity contribution < 1.29 is 9.59 Å². The molecule has 1 aliphatic rings. The van der Waals surface area contributed by atoms with Crippen LogP contribution in [0.2, 0.25) is 0 Å². The molecule has 2 heterocycles. The molecule has 6 heteroatoms. The van der Waals surface area contributed by atoms with Gasteiger partial charge in [-0.2, -0.15) is 0 Å². The van der Waals surface area contributed by atoms with Crippen LogP contribution in [0.4, 0.5) is 0 Å². The van der Waals surface area contributed by atoms with Crippen LogP contribution in [0, 0.1) is 12.3 Å². The Morgan fingerprint density at radius 3 is 2.57 bits per heavy atom. The van der Waals surface area contributed by atoms with Crippen molar-refractivity contribution in [3.05, 3.63) is 23.8 Å². The zero-order valence-corrected chi connectivity index (χ0v) is 13.0. The molecule has 0 spiro atoms. The van der Waals surface area contributed by atoms with Gasteiger partial charge in [0.05, 0.1) is 24.1 Å². The van der Waals surface area contributed by atoms with Crippen LogP contribution in [0.25, 0.3) is 0 Å². The minimum atomic E-state index is -0.508. The molecule has 0 bridgehead atoms. The maximum Gasteiger partial charge on any atom is 0.246 e. The van der Waals surface area contributed by atoms with Gasteiger partial charge in [0.2, 0.25) is 11.8 Å². The number of nitrogens with zero attached hydrogens (tertiary/aromatic N) is 3. The summed E-state index contributed by atoms with van der Waals surface area (Å²) in [4.78, 5) is 34.6. The molecular weight excluding hydrogens is 268 g/mol. The van der Waals surface area contributed by atoms with Crippen molar-refractivity contribution in [1.82, 2.24) is 20.2 Å². The summed E-state index contributed by atoms with van der Waals surface area (Å²) in [6, 6.07) is -0.508. The van der Waals surface area contributed by atoms with Gasteiger partial charge in [0.25, 0.3) is 0 Å². The second kappa shape index (κ2) is 5.79. The Bertz CT molecular complexity index is 534. The van der Waals surface area contributed by atoms with Crippen molar-refractivity contribution >= 4 is 11.8 Å². The summed E-state index contributed by atoms with van der Waals surface area (Å²) < 4.78 is 0. The molecule has 0 saturated carbocycles. The molecule has 1 aromatic rings. The number of aryl methyl sites for hydroxylation is 1. The van der Waals surface area contributed by atoms with E-state index in [1.807, 2.05) is 27.7 Å². The number of amides is 2. The van der Waals surface area contributed by atoms with Gasteiger partial charge in [-0.15, -0.1) is 0 Å². The minimum Gasteiger partial charge on any atom is -0.344 e. The third-order valence-corrected chi connectivity index (χ3v) is 3.53. The predicted octanol–water partition coefficient (Wildman–Crippen LogP) is 1.05. The highest BCUT2D eigenvalue weighted by Gasteiger charge is 2.37. The molecule has 1 unspecified atom stereocenters. The van der Waals surface area contributed by atoms with E-state index in [1.165, 1.54) is 0 Å². The molecular formula is C15H22N4O2. The van der Waals surface area contributed by atoms with E-state index in [0.717, 1.165) is 11.4 Å². The maximum absolute atomic E-state index is 12.7. The number of nitrogens with one attached hydrogen (secondary N) is 1. The number of hydrogen-bond donors (Lipinski definition) is 1. The number of carbonyl (C=O) groups excluding carboxylic acids is 2. The molecule has 1 saturated heterocycles. The second-order valence-electron chi connectivity index (χ2n) is 6.53. The van der Waals surface area contributed by atoms with E-state index in [0.29, 0.717) is 19.5 Å². The van der Waals surface area contributed by atoms with Gasteiger partial charge >= 0.3 is 0 Å². The molecule has 1 N–H and O–H groups in total. The van der Waals surface area contributed by atoms with E-state index in [9.17, 15) is 9.59 Å². The Morgan fingerprint density at radius 1 is 1.29 bits per heavy atom. The predicted molar refractivity (Wildman–Crippen MR) is 78.2 cm³/mol. The largest absolute Gasteiger partial charge is 0.344 e. The molecule has 1 fully saturated rings. The summed E-state index contributed by atoms with van der Waals surface area (Å²) in [5.74, 6) is -0.142. The zero-order chi connectivity index (χ0) is 15.6. The Balaban J connectivity index is 2.19. The van der Waals surface area contributed by atoms with Crippen molar-refractivity contribution in [2.24, 2.45) is 5.41 Å². The van der Waals surface area contributed by atoms with Gasteiger partial charge in [-0.05, 0) is 12.3 Å². The lowest BCUT2D eigenvalue weighted by Crippen LogP contribution is -2.51. The van der Waals surface area contributed by atoms with Crippen LogP contribution in [-0.4, -0.2) is 39.3 Å². The SMILES string of the molecule is Cc1cnc(CN2CCC(=O)NC(C(C)(C)C)C2=O)cn1. The number of rotatable bonds is 2. The topological polar surface area (TPSA) is 75.2 Å². The van der Waals surface area contributed by atoms with Gasteiger partial charge < -0.3 is 10.2 Å². The molecule has 2 amide bonds. The summed E-state index contributed by atoms with van der Waals surface area (Å²) in [6.07, 6.45) is 3.68. The fourth-order valence-electron chi connectivity index (χ4n) is 2.26. The van der Waals surface area contributed by atoms with Crippen LogP contribution in [0.3, 0.4) is 0 Å². The van der Waals surface area contributed by atoms with Crippen LogP contribution < -0.4 is 5.32 Å². The van der Waals surface area contributed by atoms with Crippen molar-refractivity contribution in [2.75, 3.05) is 6.54 Å². The number of aromatic nitrogens is 2. The van der Waals surface area contributed by atoms with E-state index in [2.05, 4.69) is 15.3 Å². The van der Waals surface area contributed by atoms with Gasteiger partial charge in [-0.3, -0.25) is 19.6 Å². The molecule has 0 aromatic carbocycles. The number of carbonyl (C=O) groups is 2. The quantitative estimate of drug-likeness (QED) is 0.883. The third kappa shape index (κ3) is 3.77. The monoisotopic (exact) mass is 290 g/mol. The van der Waals surface area contributed by atoms with E-state index in [1.54, 1.807) is 17.3 Å². The Labute approximate surface area is 125 Å². The molecule has 1 aliphatic heterocycles. The third-order valence-electron chi connectivity index (χ3n) is 3.53. The van der Waals surface area contributed by atoms with Crippen molar-refractivity contribution in [3.8, 4) is 0 Å². The summed E-state index contributed by atoms with van der Waals surface area (Å²) in [5.41, 5.74) is 1.25. The Kier molecular flexibility index (Phi) is 4.25. The smallest absolute Gasteiger partial charge is 0.246 e. The molecule has 1 aromatic heterocycles. The van der Waals surface area contributed by atoms with Gasteiger partial charge in [0.1, 0.15) is 6.04 Å². The Hall–Kier alpha value is -1.98. The summed E-state index contributed by atoms with van der Waals surface area (Å²) in [6.45, 7) is 8.51. The normalized spacial score (nSPS) is 20.2. The van der Waals surface area contributed by atoms with Crippen LogP contribution in [0.1, 0.15) is 38.6 Å². The molecule has 2 rings (SSSR count). The molecule has 6 nitrogen and oxygen atoms in total. The summed E-state index contributed by atoms with van der Waals surface area (Å²) >= 11 is 0. The van der Waals surface area contributed by atoms with Crippen LogP contribution >= 0.6 is 0 Å². The number of hydrogen-bond acceptors (Lipinski definition) is 4. The molecule has 0 aliphatic carbocycles. The highest BCUT2D eigenvalue weighted by atomic mass is 16.2. The molecule has 114 valence electrons. The van der Waals surface area contributed by atoms with Crippen LogP contribution in [0.15, 0.2) is 12.4 Å². The molecule has 21 heavy (non-hydrogen) atoms. The maximum atomic E-state index is 12.7. The fraction of sp³-hybridized carbons (Fsp3) is 0.600. The van der Waals surface area contributed by atoms with E-state index < -0.39 is 6.04 Å². The van der Waals surface area contributed by atoms with Gasteiger partial charge in [-0.1, -0.05) is 20.8 Å². The van der Waals surface area contributed by atoms with Crippen molar-refractivity contribution in [2.45, 2.75) is 46.7 Å². The van der Waals surface area contributed by atoms with Crippen LogP contribution in [0.5, 0.6) is 0 Å². The average molecular weight is 290 g/mol. The highest BCUT2D eigenvalue weighted by Crippen LogP contribution is 2.23. The lowest BCUT2D eigenvalue weighted by molar-refractivity contribution is -0.137. The minimum absolute atomic E-state index is 0.0595. The first-order valence-electron chi connectivity index (χ1n) is 7.13. The molecule has 0 radical (unpaired) electrons. The standard InChI is InChI=1S/C15H22N4O2/c1-10-7-17-11(8-16-10)9-19-6-5-12(20)18-13(14(19)21)15(2,3)4/h7-8,13H,5-6,9H2,1-4H3,(H,18,20). The van der Waals surface area contributed by atoms with Gasteiger partial charge in [0, 0.05) is 19.2 Å². The second-order valence-corrected chi connectivity index (χ2v) is 6.53. The zero-order valence-electron chi connectivity index (χ0n) is 13.0. The van der Waals surface area contributed by atoms with Crippen LogP contribution in [-0.2, 0) is 16.1 Å². The fourth-order valence-corrected chi connectivity index (χ4v) is 2.26. The summed E-state index contributed by atoms with van der Waals surface area (Å²) in [7, 11) is 0. The Morgan fingerprint density at radius 2 is 2.00 bits per heavy atom. The highest BCUT2D eigenvalue weighted by molar-refractivity contribution is 5.90. The summed E-state index contributed by atoms with van der Waals surface area (Å²) in [5, 5.41) is 2.83. The first kappa shape index (κ1) is 15.4. The van der Waals surface area contributed by atoms with E-state index in [-0.39, 0.29) is 17.2 Å². The first-order valence-corrected chi connectivity index (χ1v) is 7.13. The first-order chi connectivity index (χ1) is 9.77. The lowest BCUT2D eigenvalue weighted by atomic mass is 9.86. The van der Waals surface area contributed by atoms with Gasteiger partial charge in [0.15, 0.2) is 0 Å². The lowest BCUT2D eigenvalue weighted by Gasteiger charge is -2.32. The molecule has 1 atom stereocenters. The van der Waals surface area contributed by atoms with Crippen molar-refractivity contribution in [3.63, 3.8) is 0 Å². The van der Waals surface area contributed by atoms with E-state index in [4.69, 9.17) is 0 Å².